The number of benzene rings is 2. The lowest BCUT2D eigenvalue weighted by Crippen LogP contribution is -2.38. The lowest BCUT2D eigenvalue weighted by atomic mass is 9.98. The molecule has 2 aromatic heterocycles. The topological polar surface area (TPSA) is 79.7 Å². The molecule has 0 unspecified atom stereocenters. The van der Waals surface area contributed by atoms with Crippen molar-refractivity contribution >= 4 is 10.9 Å². The highest BCUT2D eigenvalue weighted by Crippen LogP contribution is 2.31. The predicted octanol–water partition coefficient (Wildman–Crippen LogP) is 4.58. The van der Waals surface area contributed by atoms with Gasteiger partial charge in [0.05, 0.1) is 11.1 Å². The molecule has 0 fully saturated rings. The molecule has 7 heteroatoms. The van der Waals surface area contributed by atoms with Crippen molar-refractivity contribution in [3.8, 4) is 0 Å². The molecular weight excluding hydrogens is 412 g/mol. The standard InChI is InChI=1S/C26H32N6O/c1-6-26(4,5)32-24(28-29-30-32)23(31(7-2)17-19-13-9-8-10-14-19)21-16-20-15-11-12-18(3)22(20)27-25(21)33/h8-16,23H,6-7,17H2,1-5H3,(H,27,33)/t23-/m1/s1. The van der Waals surface area contributed by atoms with E-state index < -0.39 is 6.04 Å². The number of hydrogen-bond donors (Lipinski definition) is 1. The molecule has 172 valence electrons. The summed E-state index contributed by atoms with van der Waals surface area (Å²) < 4.78 is 1.88. The number of rotatable bonds is 8. The van der Waals surface area contributed by atoms with Crippen LogP contribution in [0.2, 0.25) is 0 Å². The van der Waals surface area contributed by atoms with Gasteiger partial charge in [0.1, 0.15) is 6.04 Å². The van der Waals surface area contributed by atoms with E-state index in [0.717, 1.165) is 29.4 Å². The van der Waals surface area contributed by atoms with Gasteiger partial charge in [0.25, 0.3) is 5.56 Å². The monoisotopic (exact) mass is 444 g/mol. The Kier molecular flexibility index (Phi) is 6.42. The van der Waals surface area contributed by atoms with Crippen LogP contribution in [0.3, 0.4) is 0 Å². The van der Waals surface area contributed by atoms with E-state index in [1.54, 1.807) is 0 Å². The molecule has 33 heavy (non-hydrogen) atoms. The van der Waals surface area contributed by atoms with Gasteiger partial charge in [0.15, 0.2) is 5.82 Å². The SMILES string of the molecule is CCN(Cc1ccccc1)[C@H](c1cc2cccc(C)c2[nH]c1=O)c1nnnn1C(C)(C)CC. The number of aryl methyl sites for hydroxylation is 1. The van der Waals surface area contributed by atoms with Gasteiger partial charge in [-0.25, -0.2) is 4.68 Å². The Morgan fingerprint density at radius 1 is 1.09 bits per heavy atom. The Bertz CT molecular complexity index is 1290. The third kappa shape index (κ3) is 4.46. The lowest BCUT2D eigenvalue weighted by Gasteiger charge is -2.33. The Morgan fingerprint density at radius 2 is 1.85 bits per heavy atom. The fourth-order valence-corrected chi connectivity index (χ4v) is 4.25. The second kappa shape index (κ2) is 9.27. The van der Waals surface area contributed by atoms with Gasteiger partial charge < -0.3 is 4.98 Å². The van der Waals surface area contributed by atoms with Gasteiger partial charge in [-0.2, -0.15) is 0 Å². The van der Waals surface area contributed by atoms with Crippen LogP contribution in [-0.2, 0) is 12.1 Å². The molecule has 4 rings (SSSR count). The van der Waals surface area contributed by atoms with Gasteiger partial charge in [-0.1, -0.05) is 62.4 Å². The van der Waals surface area contributed by atoms with Gasteiger partial charge in [0.2, 0.25) is 0 Å². The van der Waals surface area contributed by atoms with Gasteiger partial charge in [0, 0.05) is 12.1 Å². The lowest BCUT2D eigenvalue weighted by molar-refractivity contribution is 0.197. The highest BCUT2D eigenvalue weighted by molar-refractivity contribution is 5.82. The van der Waals surface area contributed by atoms with Crippen molar-refractivity contribution in [3.05, 3.63) is 87.5 Å². The number of aromatic nitrogens is 5. The molecule has 0 bridgehead atoms. The van der Waals surface area contributed by atoms with Crippen LogP contribution in [0.1, 0.15) is 62.7 Å². The Labute approximate surface area is 194 Å². The molecule has 4 aromatic rings. The molecule has 2 heterocycles. The first kappa shape index (κ1) is 22.9. The van der Waals surface area contributed by atoms with Crippen LogP contribution >= 0.6 is 0 Å². The van der Waals surface area contributed by atoms with E-state index in [1.165, 1.54) is 5.56 Å². The third-order valence-corrected chi connectivity index (χ3v) is 6.59. The molecule has 0 amide bonds. The number of tetrazole rings is 1. The van der Waals surface area contributed by atoms with Crippen molar-refractivity contribution in [2.45, 2.75) is 59.2 Å². The van der Waals surface area contributed by atoms with Gasteiger partial charge >= 0.3 is 0 Å². The maximum Gasteiger partial charge on any atom is 0.253 e. The molecule has 1 N–H and O–H groups in total. The number of fused-ring (bicyclic) bond motifs is 1. The number of hydrogen-bond acceptors (Lipinski definition) is 5. The Balaban J connectivity index is 1.93. The van der Waals surface area contributed by atoms with Gasteiger partial charge in [-0.3, -0.25) is 9.69 Å². The van der Waals surface area contributed by atoms with Gasteiger partial charge in [-0.15, -0.1) is 5.10 Å². The second-order valence-corrected chi connectivity index (χ2v) is 9.16. The number of aromatic amines is 1. The number of nitrogens with one attached hydrogen (secondary N) is 1. The zero-order valence-electron chi connectivity index (χ0n) is 20.0. The summed E-state index contributed by atoms with van der Waals surface area (Å²) in [5.74, 6) is 0.678. The highest BCUT2D eigenvalue weighted by atomic mass is 16.1. The minimum absolute atomic E-state index is 0.114. The number of nitrogens with zero attached hydrogens (tertiary/aromatic N) is 5. The van der Waals surface area contributed by atoms with Gasteiger partial charge in [-0.05, 0) is 66.7 Å². The number of H-pyrrole nitrogens is 1. The summed E-state index contributed by atoms with van der Waals surface area (Å²) in [5, 5.41) is 13.9. The van der Waals surface area contributed by atoms with Crippen molar-refractivity contribution in [1.29, 1.82) is 0 Å². The minimum Gasteiger partial charge on any atom is -0.321 e. The fourth-order valence-electron chi connectivity index (χ4n) is 4.25. The van der Waals surface area contributed by atoms with Crippen LogP contribution in [0.25, 0.3) is 10.9 Å². The molecule has 0 aliphatic carbocycles. The summed E-state index contributed by atoms with van der Waals surface area (Å²) >= 11 is 0. The molecule has 0 saturated heterocycles. The summed E-state index contributed by atoms with van der Waals surface area (Å²) in [5.41, 5.74) is 3.33. The van der Waals surface area contributed by atoms with E-state index in [0.29, 0.717) is 17.9 Å². The quantitative estimate of drug-likeness (QED) is 0.430. The van der Waals surface area contributed by atoms with E-state index in [-0.39, 0.29) is 11.1 Å². The van der Waals surface area contributed by atoms with Crippen molar-refractivity contribution in [1.82, 2.24) is 30.1 Å². The third-order valence-electron chi connectivity index (χ3n) is 6.59. The highest BCUT2D eigenvalue weighted by Gasteiger charge is 2.33. The molecule has 0 spiro atoms. The Morgan fingerprint density at radius 3 is 2.55 bits per heavy atom. The molecule has 0 aliphatic heterocycles. The second-order valence-electron chi connectivity index (χ2n) is 9.16. The van der Waals surface area contributed by atoms with Crippen LogP contribution in [0.4, 0.5) is 0 Å². The molecule has 0 saturated carbocycles. The number of para-hydroxylation sites is 1. The van der Waals surface area contributed by atoms with Crippen molar-refractivity contribution in [2.24, 2.45) is 0 Å². The smallest absolute Gasteiger partial charge is 0.253 e. The van der Waals surface area contributed by atoms with Crippen LogP contribution < -0.4 is 5.56 Å². The minimum atomic E-state index is -0.398. The van der Waals surface area contributed by atoms with Crippen LogP contribution in [-0.4, -0.2) is 36.6 Å². The Hall–Kier alpha value is -3.32. The summed E-state index contributed by atoms with van der Waals surface area (Å²) in [6.07, 6.45) is 0.857. The molecule has 7 nitrogen and oxygen atoms in total. The zero-order chi connectivity index (χ0) is 23.6. The molecule has 0 aliphatic rings. The van der Waals surface area contributed by atoms with Crippen molar-refractivity contribution in [2.75, 3.05) is 6.54 Å². The summed E-state index contributed by atoms with van der Waals surface area (Å²) in [6.45, 7) is 11.9. The molecule has 2 aromatic carbocycles. The largest absolute Gasteiger partial charge is 0.321 e. The average molecular weight is 445 g/mol. The molecular formula is C26H32N6O. The molecule has 1 atom stereocenters. The van der Waals surface area contributed by atoms with Crippen molar-refractivity contribution in [3.63, 3.8) is 0 Å². The average Bonchev–Trinajstić information content (AvgIpc) is 3.31. The maximum atomic E-state index is 13.5. The molecule has 0 radical (unpaired) electrons. The fraction of sp³-hybridized carbons (Fsp3) is 0.385. The first-order chi connectivity index (χ1) is 15.9. The van der Waals surface area contributed by atoms with E-state index in [4.69, 9.17) is 0 Å². The van der Waals surface area contributed by atoms with E-state index in [1.807, 2.05) is 54.1 Å². The normalized spacial score (nSPS) is 13.0. The predicted molar refractivity (Wildman–Crippen MR) is 131 cm³/mol. The number of pyridine rings is 1. The first-order valence-electron chi connectivity index (χ1n) is 11.5. The van der Waals surface area contributed by atoms with E-state index in [2.05, 4.69) is 65.2 Å². The van der Waals surface area contributed by atoms with Crippen LogP contribution in [0.5, 0.6) is 0 Å². The van der Waals surface area contributed by atoms with Crippen LogP contribution in [0, 0.1) is 6.92 Å². The maximum absolute atomic E-state index is 13.5. The zero-order valence-corrected chi connectivity index (χ0v) is 20.0. The first-order valence-corrected chi connectivity index (χ1v) is 11.5. The van der Waals surface area contributed by atoms with Crippen LogP contribution in [0.15, 0.2) is 59.4 Å². The van der Waals surface area contributed by atoms with Crippen molar-refractivity contribution < 1.29 is 0 Å². The van der Waals surface area contributed by atoms with E-state index in [9.17, 15) is 4.79 Å². The summed E-state index contributed by atoms with van der Waals surface area (Å²) in [7, 11) is 0. The summed E-state index contributed by atoms with van der Waals surface area (Å²) in [6, 6.07) is 17.9. The summed E-state index contributed by atoms with van der Waals surface area (Å²) in [4.78, 5) is 18.8. The van der Waals surface area contributed by atoms with E-state index >= 15 is 0 Å².